The van der Waals surface area contributed by atoms with Crippen molar-refractivity contribution in [3.63, 3.8) is 0 Å². The number of hydrogen-bond acceptors (Lipinski definition) is 0. The van der Waals surface area contributed by atoms with Crippen molar-refractivity contribution in [1.82, 2.24) is 0 Å². The first-order valence-electron chi connectivity index (χ1n) is 9.19. The van der Waals surface area contributed by atoms with Crippen LogP contribution in [0.2, 0.25) is 0 Å². The molecule has 2 aliphatic carbocycles. The molecule has 0 amide bonds. The van der Waals surface area contributed by atoms with E-state index in [1.165, 1.54) is 77.0 Å². The molecule has 0 bridgehead atoms. The molecule has 0 aromatic heterocycles. The van der Waals surface area contributed by atoms with E-state index in [9.17, 15) is 0 Å². The van der Waals surface area contributed by atoms with Crippen LogP contribution >= 0.6 is 23.9 Å². The number of hydrogen-bond donors (Lipinski definition) is 0. The van der Waals surface area contributed by atoms with Crippen molar-refractivity contribution in [2.24, 2.45) is 0 Å². The summed E-state index contributed by atoms with van der Waals surface area (Å²) in [6, 6.07) is 0. The van der Waals surface area contributed by atoms with Crippen LogP contribution in [0.25, 0.3) is 0 Å². The fourth-order valence-electron chi connectivity index (χ4n) is 4.47. The third-order valence-electron chi connectivity index (χ3n) is 5.65. The Morgan fingerprint density at radius 2 is 1.17 bits per heavy atom. The molecule has 1 heterocycles. The SMILES string of the molecule is C1CCCC1.CC[C@@H]1CC[C@@H](CC)P1C1CCCC1Br.[CH3-].[CH3-].[Fe+2]. The molecule has 0 N–H and O–H groups in total. The third-order valence-corrected chi connectivity index (χ3v) is 11.5. The van der Waals surface area contributed by atoms with Gasteiger partial charge in [-0.1, -0.05) is 76.2 Å². The van der Waals surface area contributed by atoms with Crippen molar-refractivity contribution >= 4 is 23.9 Å². The predicted molar refractivity (Wildman–Crippen MR) is 111 cm³/mol. The maximum Gasteiger partial charge on any atom is 2.00 e. The molecule has 2 unspecified atom stereocenters. The maximum absolute atomic E-state index is 3.94. The molecule has 2 saturated carbocycles. The first kappa shape index (κ1) is 26.7. The quantitative estimate of drug-likeness (QED) is 0.178. The van der Waals surface area contributed by atoms with Crippen LogP contribution in [0.5, 0.6) is 0 Å². The van der Waals surface area contributed by atoms with Gasteiger partial charge in [0.2, 0.25) is 0 Å². The second-order valence-corrected chi connectivity index (χ2v) is 11.1. The molecule has 0 radical (unpaired) electrons. The van der Waals surface area contributed by atoms with Crippen molar-refractivity contribution < 1.29 is 17.1 Å². The van der Waals surface area contributed by atoms with Crippen LogP contribution in [-0.2, 0) is 17.1 Å². The minimum absolute atomic E-state index is 0. The van der Waals surface area contributed by atoms with E-state index in [-0.39, 0.29) is 31.9 Å². The maximum atomic E-state index is 3.94. The van der Waals surface area contributed by atoms with Gasteiger partial charge >= 0.3 is 17.1 Å². The normalized spacial score (nSPS) is 33.0. The molecular formula is C20H40BrFeP. The second-order valence-electron chi connectivity index (χ2n) is 6.93. The molecule has 0 aromatic carbocycles. The summed E-state index contributed by atoms with van der Waals surface area (Å²) in [6.07, 6.45) is 17.9. The van der Waals surface area contributed by atoms with Gasteiger partial charge in [0, 0.05) is 4.83 Å². The van der Waals surface area contributed by atoms with E-state index in [4.69, 9.17) is 0 Å². The smallest absolute Gasteiger partial charge is 0.358 e. The van der Waals surface area contributed by atoms with Crippen LogP contribution in [0, 0.1) is 14.9 Å². The molecule has 1 aliphatic heterocycles. The summed E-state index contributed by atoms with van der Waals surface area (Å²) in [6.45, 7) is 4.83. The zero-order valence-electron chi connectivity index (χ0n) is 16.0. The third kappa shape index (κ3) is 7.68. The van der Waals surface area contributed by atoms with E-state index in [0.717, 1.165) is 21.8 Å². The van der Waals surface area contributed by atoms with Gasteiger partial charge in [-0.25, -0.2) is 0 Å². The molecule has 3 aliphatic rings. The Kier molecular flexibility index (Phi) is 16.9. The molecule has 3 heteroatoms. The first-order chi connectivity index (χ1) is 9.77. The fraction of sp³-hybridized carbons (Fsp3) is 0.900. The van der Waals surface area contributed by atoms with Gasteiger partial charge in [-0.05, 0) is 55.5 Å². The summed E-state index contributed by atoms with van der Waals surface area (Å²) in [5.41, 5.74) is 3.28. The summed E-state index contributed by atoms with van der Waals surface area (Å²) >= 11 is 3.94. The van der Waals surface area contributed by atoms with Crippen LogP contribution in [0.15, 0.2) is 0 Å². The predicted octanol–water partition coefficient (Wildman–Crippen LogP) is 7.98. The van der Waals surface area contributed by atoms with E-state index in [0.29, 0.717) is 7.92 Å². The van der Waals surface area contributed by atoms with Crippen molar-refractivity contribution in [1.29, 1.82) is 0 Å². The Hall–Kier alpha value is 1.43. The Labute approximate surface area is 168 Å². The van der Waals surface area contributed by atoms with E-state index in [1.807, 2.05) is 0 Å². The van der Waals surface area contributed by atoms with Gasteiger partial charge in [0.1, 0.15) is 0 Å². The summed E-state index contributed by atoms with van der Waals surface area (Å²) in [7, 11) is 0.340. The molecule has 3 rings (SSSR count). The molecule has 0 nitrogen and oxygen atoms in total. The Balaban J connectivity index is 0. The van der Waals surface area contributed by atoms with Crippen LogP contribution < -0.4 is 0 Å². The van der Waals surface area contributed by atoms with Crippen molar-refractivity contribution in [3.05, 3.63) is 14.9 Å². The van der Waals surface area contributed by atoms with Gasteiger partial charge in [-0.15, -0.1) is 0 Å². The molecule has 3 fully saturated rings. The van der Waals surface area contributed by atoms with E-state index < -0.39 is 0 Å². The van der Waals surface area contributed by atoms with E-state index >= 15 is 0 Å². The Bertz CT molecular complexity index is 251. The second kappa shape index (κ2) is 14.6. The average molecular weight is 447 g/mol. The minimum Gasteiger partial charge on any atom is -0.358 e. The van der Waals surface area contributed by atoms with E-state index in [1.54, 1.807) is 0 Å². The first-order valence-corrected chi connectivity index (χ1v) is 11.7. The van der Waals surface area contributed by atoms with Gasteiger partial charge in [0.25, 0.3) is 0 Å². The molecule has 4 atom stereocenters. The van der Waals surface area contributed by atoms with Crippen LogP contribution in [0.4, 0.5) is 0 Å². The Morgan fingerprint density at radius 3 is 1.48 bits per heavy atom. The summed E-state index contributed by atoms with van der Waals surface area (Å²) in [5, 5.41) is 0. The average Bonchev–Trinajstić information content (AvgIpc) is 3.20. The van der Waals surface area contributed by atoms with Gasteiger partial charge in [-0.3, -0.25) is 0 Å². The minimum atomic E-state index is 0. The van der Waals surface area contributed by atoms with Gasteiger partial charge < -0.3 is 14.9 Å². The van der Waals surface area contributed by atoms with Gasteiger partial charge in [0.15, 0.2) is 0 Å². The van der Waals surface area contributed by atoms with E-state index in [2.05, 4.69) is 29.8 Å². The van der Waals surface area contributed by atoms with Gasteiger partial charge in [0.05, 0.1) is 0 Å². The molecular weight excluding hydrogens is 407 g/mol. The summed E-state index contributed by atoms with van der Waals surface area (Å²) in [4.78, 5) is 0.866. The molecule has 1 saturated heterocycles. The molecule has 23 heavy (non-hydrogen) atoms. The molecule has 0 spiro atoms. The summed E-state index contributed by atoms with van der Waals surface area (Å²) < 4.78 is 0. The summed E-state index contributed by atoms with van der Waals surface area (Å²) in [5.74, 6) is 0. The van der Waals surface area contributed by atoms with Gasteiger partial charge in [-0.2, -0.15) is 0 Å². The topological polar surface area (TPSA) is 0 Å². The van der Waals surface area contributed by atoms with Crippen LogP contribution in [0.3, 0.4) is 0 Å². The van der Waals surface area contributed by atoms with Crippen molar-refractivity contribution in [3.8, 4) is 0 Å². The number of alkyl halides is 1. The largest absolute Gasteiger partial charge is 2.00 e. The standard InChI is InChI=1S/C13H24BrP.C5H10.2CH3.Fe/c1-3-10-8-9-11(4-2)15(10)13-7-5-6-12(13)14;1-2-4-5-3-1;;;/h10-13H,3-9H2,1-2H3;1-5H2;2*1H3;/q;;2*-1;+2/t10-,11-,12?,13?;;;;/m1..../s1. The zero-order valence-corrected chi connectivity index (χ0v) is 19.6. The number of halogens is 1. The number of rotatable bonds is 3. The monoisotopic (exact) mass is 446 g/mol. The van der Waals surface area contributed by atoms with Crippen molar-refractivity contribution in [2.75, 3.05) is 0 Å². The fourth-order valence-corrected chi connectivity index (χ4v) is 10.3. The molecule has 140 valence electrons. The molecule has 0 aromatic rings. The Morgan fingerprint density at radius 1 is 0.739 bits per heavy atom. The van der Waals surface area contributed by atoms with Crippen LogP contribution in [0.1, 0.15) is 90.9 Å². The van der Waals surface area contributed by atoms with Crippen LogP contribution in [-0.4, -0.2) is 21.8 Å². The van der Waals surface area contributed by atoms with Crippen molar-refractivity contribution in [2.45, 2.75) is 113 Å². The zero-order chi connectivity index (χ0) is 14.4.